The number of aliphatic hydroxyl groups excluding tert-OH is 1. The zero-order valence-corrected chi connectivity index (χ0v) is 14.6. The van der Waals surface area contributed by atoms with Gasteiger partial charge in [-0.2, -0.15) is 0 Å². The quantitative estimate of drug-likeness (QED) is 0.418. The largest absolute Gasteiger partial charge is 0.478 e. The predicted octanol–water partition coefficient (Wildman–Crippen LogP) is 2.83. The molecule has 2 saturated carbocycles. The smallest absolute Gasteiger partial charge is 0.328 e. The van der Waals surface area contributed by atoms with Crippen molar-refractivity contribution in [3.05, 3.63) is 24.3 Å². The molecule has 2 aliphatic carbocycles. The van der Waals surface area contributed by atoms with Crippen LogP contribution in [0.5, 0.6) is 0 Å². The second-order valence-electron chi connectivity index (χ2n) is 7.58. The molecule has 130 valence electrons. The molecule has 0 bridgehead atoms. The molecular formula is C18H27ClO4. The van der Waals surface area contributed by atoms with Crippen LogP contribution >= 0.6 is 11.6 Å². The molecule has 0 saturated heterocycles. The number of rotatable bonds is 3. The molecule has 23 heavy (non-hydrogen) atoms. The fraction of sp³-hybridized carbons (Fsp3) is 0.722. The minimum absolute atomic E-state index is 0.00118. The molecule has 0 amide bonds. The fourth-order valence-corrected chi connectivity index (χ4v) is 5.21. The number of carbonyl (C=O) groups is 1. The van der Waals surface area contributed by atoms with E-state index in [9.17, 15) is 15.0 Å². The minimum Gasteiger partial charge on any atom is -0.478 e. The van der Waals surface area contributed by atoms with Crippen molar-refractivity contribution in [2.45, 2.75) is 50.7 Å². The van der Waals surface area contributed by atoms with Gasteiger partial charge in [0.1, 0.15) is 0 Å². The normalized spacial score (nSPS) is 47.8. The fourth-order valence-electron chi connectivity index (χ4n) is 4.72. The Kier molecular flexibility index (Phi) is 5.59. The molecule has 8 atom stereocenters. The summed E-state index contributed by atoms with van der Waals surface area (Å²) in [6.07, 6.45) is 7.02. The van der Waals surface area contributed by atoms with Crippen molar-refractivity contribution in [1.29, 1.82) is 0 Å². The van der Waals surface area contributed by atoms with Crippen LogP contribution in [0.4, 0.5) is 0 Å². The van der Waals surface area contributed by atoms with Gasteiger partial charge in [0.2, 0.25) is 0 Å². The maximum Gasteiger partial charge on any atom is 0.328 e. The van der Waals surface area contributed by atoms with E-state index in [0.29, 0.717) is 6.42 Å². The van der Waals surface area contributed by atoms with Crippen molar-refractivity contribution in [2.24, 2.45) is 29.6 Å². The number of aliphatic hydroxyl groups is 2. The van der Waals surface area contributed by atoms with Crippen LogP contribution in [0.25, 0.3) is 0 Å². The van der Waals surface area contributed by atoms with E-state index in [-0.39, 0.29) is 35.0 Å². The van der Waals surface area contributed by atoms with Gasteiger partial charge in [-0.1, -0.05) is 32.1 Å². The van der Waals surface area contributed by atoms with Crippen LogP contribution in [-0.2, 0) is 4.79 Å². The maximum absolute atomic E-state index is 10.6. The second-order valence-corrected chi connectivity index (χ2v) is 8.08. The van der Waals surface area contributed by atoms with Crippen molar-refractivity contribution in [1.82, 2.24) is 0 Å². The predicted molar refractivity (Wildman–Crippen MR) is 90.2 cm³/mol. The van der Waals surface area contributed by atoms with Gasteiger partial charge < -0.3 is 15.3 Å². The minimum atomic E-state index is -0.979. The van der Waals surface area contributed by atoms with E-state index in [1.54, 1.807) is 6.08 Å². The van der Waals surface area contributed by atoms with Crippen LogP contribution < -0.4 is 0 Å². The van der Waals surface area contributed by atoms with Crippen molar-refractivity contribution in [2.75, 3.05) is 0 Å². The van der Waals surface area contributed by atoms with Crippen molar-refractivity contribution in [3.8, 4) is 0 Å². The summed E-state index contributed by atoms with van der Waals surface area (Å²) in [4.78, 5) is 10.6. The molecule has 3 N–H and O–H groups in total. The maximum atomic E-state index is 10.6. The van der Waals surface area contributed by atoms with Gasteiger partial charge >= 0.3 is 5.97 Å². The molecule has 2 rings (SSSR count). The number of carboxylic acid groups (broad SMARTS) is 1. The summed E-state index contributed by atoms with van der Waals surface area (Å²) in [6, 6.07) is 0. The van der Waals surface area contributed by atoms with Gasteiger partial charge in [-0.15, -0.1) is 11.6 Å². The van der Waals surface area contributed by atoms with E-state index in [2.05, 4.69) is 6.92 Å². The Balaban J connectivity index is 2.27. The standard InChI is InChI=1S/C18H27ClO4/c1-10-8-18(3,23)9-13-15(10)12(6-4-5-7-14(20)21)11(2)17(22)16(13)19/h4-7,10-13,15-17,22-23H,8-9H2,1-3H3,(H,20,21)/b6-4+,7-5+/t10-,11-,12+,13+,15-,16+,17+,18-/m1/s1. The molecular weight excluding hydrogens is 316 g/mol. The Bertz CT molecular complexity index is 499. The van der Waals surface area contributed by atoms with Gasteiger partial charge in [-0.25, -0.2) is 4.79 Å². The van der Waals surface area contributed by atoms with Gasteiger partial charge in [-0.3, -0.25) is 0 Å². The van der Waals surface area contributed by atoms with E-state index >= 15 is 0 Å². The molecule has 0 spiro atoms. The van der Waals surface area contributed by atoms with Gasteiger partial charge in [0.25, 0.3) is 0 Å². The molecule has 2 aliphatic rings. The van der Waals surface area contributed by atoms with Crippen LogP contribution in [0, 0.1) is 29.6 Å². The SMILES string of the molecule is C[C@H]1[C@H](O)[C@@H](Cl)[C@H]2C[C@](C)(O)C[C@@H](C)[C@@H]2[C@H]1/C=C/C=C/C(=O)O. The third kappa shape index (κ3) is 3.98. The lowest BCUT2D eigenvalue weighted by molar-refractivity contribution is -0.131. The Morgan fingerprint density at radius 2 is 1.91 bits per heavy atom. The zero-order chi connectivity index (χ0) is 17.4. The second kappa shape index (κ2) is 6.96. The highest BCUT2D eigenvalue weighted by atomic mass is 35.5. The topological polar surface area (TPSA) is 77.8 Å². The van der Waals surface area contributed by atoms with Crippen LogP contribution in [0.3, 0.4) is 0 Å². The summed E-state index contributed by atoms with van der Waals surface area (Å²) in [6.45, 7) is 5.97. The molecule has 0 aromatic rings. The number of aliphatic carboxylic acids is 1. The molecule has 0 radical (unpaired) electrons. The monoisotopic (exact) mass is 342 g/mol. The Labute approximate surface area is 142 Å². The van der Waals surface area contributed by atoms with E-state index in [1.165, 1.54) is 6.08 Å². The summed E-state index contributed by atoms with van der Waals surface area (Å²) in [5, 5.41) is 29.3. The average molecular weight is 343 g/mol. The first-order chi connectivity index (χ1) is 10.6. The summed E-state index contributed by atoms with van der Waals surface area (Å²) >= 11 is 6.52. The summed E-state index contributed by atoms with van der Waals surface area (Å²) in [7, 11) is 0. The zero-order valence-electron chi connectivity index (χ0n) is 13.9. The molecule has 5 heteroatoms. The summed E-state index contributed by atoms with van der Waals surface area (Å²) < 4.78 is 0. The van der Waals surface area contributed by atoms with E-state index in [4.69, 9.17) is 16.7 Å². The molecule has 0 heterocycles. The lowest BCUT2D eigenvalue weighted by atomic mass is 9.55. The number of halogens is 1. The average Bonchev–Trinajstić information content (AvgIpc) is 2.43. The molecule has 0 aromatic carbocycles. The third-order valence-electron chi connectivity index (χ3n) is 5.60. The van der Waals surface area contributed by atoms with Crippen LogP contribution in [0.15, 0.2) is 24.3 Å². The first kappa shape index (κ1) is 18.5. The Hall–Kier alpha value is -0.840. The van der Waals surface area contributed by atoms with Gasteiger partial charge in [-0.05, 0) is 49.4 Å². The molecule has 0 unspecified atom stereocenters. The third-order valence-corrected chi connectivity index (χ3v) is 6.18. The highest BCUT2D eigenvalue weighted by Gasteiger charge is 2.53. The van der Waals surface area contributed by atoms with Gasteiger partial charge in [0.15, 0.2) is 0 Å². The molecule has 0 aliphatic heterocycles. The Morgan fingerprint density at radius 3 is 2.52 bits per heavy atom. The van der Waals surface area contributed by atoms with Gasteiger partial charge in [0.05, 0.1) is 17.1 Å². The number of allylic oxidation sites excluding steroid dienone is 3. The highest BCUT2D eigenvalue weighted by Crippen LogP contribution is 2.53. The first-order valence-corrected chi connectivity index (χ1v) is 8.70. The van der Waals surface area contributed by atoms with Crippen molar-refractivity contribution in [3.63, 3.8) is 0 Å². The van der Waals surface area contributed by atoms with Gasteiger partial charge in [0, 0.05) is 6.08 Å². The molecule has 2 fully saturated rings. The van der Waals surface area contributed by atoms with Crippen LogP contribution in [0.2, 0.25) is 0 Å². The van der Waals surface area contributed by atoms with Crippen LogP contribution in [-0.4, -0.2) is 38.4 Å². The Morgan fingerprint density at radius 1 is 1.26 bits per heavy atom. The molecule has 0 aromatic heterocycles. The van der Waals surface area contributed by atoms with Crippen LogP contribution in [0.1, 0.15) is 33.6 Å². The van der Waals surface area contributed by atoms with Crippen molar-refractivity contribution >= 4 is 17.6 Å². The van der Waals surface area contributed by atoms with E-state index in [0.717, 1.165) is 12.5 Å². The number of hydrogen-bond acceptors (Lipinski definition) is 3. The van der Waals surface area contributed by atoms with E-state index in [1.807, 2.05) is 19.9 Å². The van der Waals surface area contributed by atoms with Crippen molar-refractivity contribution < 1.29 is 20.1 Å². The highest BCUT2D eigenvalue weighted by molar-refractivity contribution is 6.21. The lowest BCUT2D eigenvalue weighted by Gasteiger charge is -2.54. The number of carboxylic acids is 1. The summed E-state index contributed by atoms with van der Waals surface area (Å²) in [5.41, 5.74) is -0.745. The first-order valence-electron chi connectivity index (χ1n) is 8.26. The van der Waals surface area contributed by atoms with E-state index < -0.39 is 17.7 Å². The molecule has 4 nitrogen and oxygen atoms in total. The number of hydrogen-bond donors (Lipinski definition) is 3. The number of alkyl halides is 1. The summed E-state index contributed by atoms with van der Waals surface area (Å²) in [5.74, 6) is -0.233. The lowest BCUT2D eigenvalue weighted by Crippen LogP contribution is -2.56. The number of fused-ring (bicyclic) bond motifs is 1.